The third-order valence-electron chi connectivity index (χ3n) is 5.95. The molecule has 1 fully saturated rings. The third-order valence-corrected chi connectivity index (χ3v) is 5.95. The molecule has 2 aromatic carbocycles. The summed E-state index contributed by atoms with van der Waals surface area (Å²) in [5.74, 6) is 2.28. The largest absolute Gasteiger partial charge is 0.493 e. The molecule has 0 radical (unpaired) electrons. The molecule has 3 rings (SSSR count). The quantitative estimate of drug-likeness (QED) is 0.660. The van der Waals surface area contributed by atoms with Gasteiger partial charge in [0.25, 0.3) is 5.91 Å². The van der Waals surface area contributed by atoms with Crippen molar-refractivity contribution in [1.29, 1.82) is 0 Å². The van der Waals surface area contributed by atoms with Crippen LogP contribution in [0.5, 0.6) is 17.2 Å². The van der Waals surface area contributed by atoms with Gasteiger partial charge in [-0.05, 0) is 55.5 Å². The summed E-state index contributed by atoms with van der Waals surface area (Å²) in [6.45, 7) is 9.86. The second-order valence-corrected chi connectivity index (χ2v) is 8.82. The van der Waals surface area contributed by atoms with Gasteiger partial charge in [0.15, 0.2) is 11.5 Å². The molecule has 1 aliphatic rings. The monoisotopic (exact) mass is 411 g/mol. The molecule has 0 aliphatic carbocycles. The highest BCUT2D eigenvalue weighted by Crippen LogP contribution is 2.44. The maximum Gasteiger partial charge on any atom is 0.257 e. The maximum atomic E-state index is 13.4. The molecule has 5 heteroatoms. The first-order chi connectivity index (χ1) is 14.3. The Morgan fingerprint density at radius 1 is 1.03 bits per heavy atom. The van der Waals surface area contributed by atoms with Crippen LogP contribution in [0.2, 0.25) is 0 Å². The van der Waals surface area contributed by atoms with Gasteiger partial charge < -0.3 is 19.1 Å². The van der Waals surface area contributed by atoms with E-state index < -0.39 is 0 Å². The SMILES string of the molecule is COc1ccc(C2CN(C(=O)c3ccccc3OC(C)C)CCC2(C)C)cc1OC. The fraction of sp³-hybridized carbons (Fsp3) is 0.480. The number of rotatable bonds is 6. The van der Waals surface area contributed by atoms with E-state index in [1.807, 2.05) is 55.1 Å². The Labute approximate surface area is 179 Å². The maximum absolute atomic E-state index is 13.4. The van der Waals surface area contributed by atoms with Crippen LogP contribution in [0.25, 0.3) is 0 Å². The average molecular weight is 412 g/mol. The van der Waals surface area contributed by atoms with Crippen LogP contribution in [0, 0.1) is 5.41 Å². The molecule has 0 N–H and O–H groups in total. The summed E-state index contributed by atoms with van der Waals surface area (Å²) in [7, 11) is 3.29. The Kier molecular flexibility index (Phi) is 6.59. The fourth-order valence-corrected chi connectivity index (χ4v) is 4.14. The minimum Gasteiger partial charge on any atom is -0.493 e. The van der Waals surface area contributed by atoms with Crippen molar-refractivity contribution in [3.05, 3.63) is 53.6 Å². The summed E-state index contributed by atoms with van der Waals surface area (Å²) in [6.07, 6.45) is 0.934. The smallest absolute Gasteiger partial charge is 0.257 e. The molecule has 0 aromatic heterocycles. The minimum atomic E-state index is 0.0127. The third kappa shape index (κ3) is 4.55. The molecular weight excluding hydrogens is 378 g/mol. The lowest BCUT2D eigenvalue weighted by Crippen LogP contribution is -2.46. The van der Waals surface area contributed by atoms with Crippen LogP contribution < -0.4 is 14.2 Å². The lowest BCUT2D eigenvalue weighted by atomic mass is 9.70. The zero-order chi connectivity index (χ0) is 21.9. The van der Waals surface area contributed by atoms with Gasteiger partial charge in [0.2, 0.25) is 0 Å². The van der Waals surface area contributed by atoms with Crippen LogP contribution in [0.4, 0.5) is 0 Å². The first kappa shape index (κ1) is 22.0. The van der Waals surface area contributed by atoms with Gasteiger partial charge >= 0.3 is 0 Å². The van der Waals surface area contributed by atoms with Crippen molar-refractivity contribution in [1.82, 2.24) is 4.90 Å². The van der Waals surface area contributed by atoms with Crippen LogP contribution in [0.1, 0.15) is 56.0 Å². The van der Waals surface area contributed by atoms with Crippen LogP contribution in [0.15, 0.2) is 42.5 Å². The van der Waals surface area contributed by atoms with E-state index in [1.54, 1.807) is 14.2 Å². The van der Waals surface area contributed by atoms with Crippen molar-refractivity contribution in [3.63, 3.8) is 0 Å². The zero-order valence-corrected chi connectivity index (χ0v) is 18.9. The fourth-order valence-electron chi connectivity index (χ4n) is 4.14. The Morgan fingerprint density at radius 2 is 1.73 bits per heavy atom. The number of piperidine rings is 1. The molecule has 0 spiro atoms. The van der Waals surface area contributed by atoms with Gasteiger partial charge in [-0.25, -0.2) is 0 Å². The molecule has 1 saturated heterocycles. The van der Waals surface area contributed by atoms with Crippen molar-refractivity contribution >= 4 is 5.91 Å². The van der Waals surface area contributed by atoms with Gasteiger partial charge in [0.1, 0.15) is 5.75 Å². The lowest BCUT2D eigenvalue weighted by Gasteiger charge is -2.44. The lowest BCUT2D eigenvalue weighted by molar-refractivity contribution is 0.0562. The Morgan fingerprint density at radius 3 is 2.40 bits per heavy atom. The van der Waals surface area contributed by atoms with Crippen molar-refractivity contribution in [2.45, 2.75) is 46.1 Å². The van der Waals surface area contributed by atoms with E-state index in [0.29, 0.717) is 29.4 Å². The Bertz CT molecular complexity index is 890. The first-order valence-electron chi connectivity index (χ1n) is 10.5. The molecule has 0 bridgehead atoms. The summed E-state index contributed by atoms with van der Waals surface area (Å²) < 4.78 is 16.8. The van der Waals surface area contributed by atoms with E-state index in [-0.39, 0.29) is 23.3 Å². The Balaban J connectivity index is 1.89. The Hall–Kier alpha value is -2.69. The molecule has 1 atom stereocenters. The normalized spacial score (nSPS) is 18.2. The molecule has 2 aromatic rings. The number of hydrogen-bond donors (Lipinski definition) is 0. The molecule has 1 aliphatic heterocycles. The van der Waals surface area contributed by atoms with E-state index in [2.05, 4.69) is 19.9 Å². The first-order valence-corrected chi connectivity index (χ1v) is 10.5. The predicted molar refractivity (Wildman–Crippen MR) is 119 cm³/mol. The number of para-hydroxylation sites is 1. The summed E-state index contributed by atoms with van der Waals surface area (Å²) in [6, 6.07) is 13.6. The minimum absolute atomic E-state index is 0.0127. The van der Waals surface area contributed by atoms with E-state index >= 15 is 0 Å². The summed E-state index contributed by atoms with van der Waals surface area (Å²) >= 11 is 0. The molecule has 162 valence electrons. The van der Waals surface area contributed by atoms with E-state index in [4.69, 9.17) is 14.2 Å². The number of likely N-dealkylation sites (tertiary alicyclic amines) is 1. The number of ether oxygens (including phenoxy) is 3. The van der Waals surface area contributed by atoms with Crippen LogP contribution >= 0.6 is 0 Å². The summed E-state index contributed by atoms with van der Waals surface area (Å²) in [5.41, 5.74) is 1.84. The highest BCUT2D eigenvalue weighted by molar-refractivity contribution is 5.97. The predicted octanol–water partition coefficient (Wildman–Crippen LogP) is 5.15. The molecule has 1 unspecified atom stereocenters. The van der Waals surface area contributed by atoms with Gasteiger partial charge in [0, 0.05) is 19.0 Å². The molecule has 30 heavy (non-hydrogen) atoms. The molecule has 5 nitrogen and oxygen atoms in total. The van der Waals surface area contributed by atoms with Crippen molar-refractivity contribution < 1.29 is 19.0 Å². The van der Waals surface area contributed by atoms with E-state index in [1.165, 1.54) is 0 Å². The number of nitrogens with zero attached hydrogens (tertiary/aromatic N) is 1. The highest BCUT2D eigenvalue weighted by atomic mass is 16.5. The van der Waals surface area contributed by atoms with Crippen LogP contribution in [-0.2, 0) is 0 Å². The van der Waals surface area contributed by atoms with Crippen molar-refractivity contribution in [2.75, 3.05) is 27.3 Å². The van der Waals surface area contributed by atoms with Gasteiger partial charge in [-0.1, -0.05) is 32.0 Å². The number of methoxy groups -OCH3 is 2. The number of carbonyl (C=O) groups is 1. The molecule has 1 heterocycles. The summed E-state index contributed by atoms with van der Waals surface area (Å²) in [4.78, 5) is 15.4. The average Bonchev–Trinajstić information content (AvgIpc) is 2.72. The van der Waals surface area contributed by atoms with Crippen LogP contribution in [-0.4, -0.2) is 44.2 Å². The summed E-state index contributed by atoms with van der Waals surface area (Å²) in [5, 5.41) is 0. The second kappa shape index (κ2) is 8.99. The number of carbonyl (C=O) groups excluding carboxylic acids is 1. The molecular formula is C25H33NO4. The molecule has 0 saturated carbocycles. The van der Waals surface area contributed by atoms with Gasteiger partial charge in [-0.3, -0.25) is 4.79 Å². The zero-order valence-electron chi connectivity index (χ0n) is 18.9. The van der Waals surface area contributed by atoms with Gasteiger partial charge in [0.05, 0.1) is 25.9 Å². The van der Waals surface area contributed by atoms with Crippen LogP contribution in [0.3, 0.4) is 0 Å². The topological polar surface area (TPSA) is 48.0 Å². The number of amides is 1. The number of benzene rings is 2. The van der Waals surface area contributed by atoms with Gasteiger partial charge in [-0.2, -0.15) is 0 Å². The second-order valence-electron chi connectivity index (χ2n) is 8.82. The highest BCUT2D eigenvalue weighted by Gasteiger charge is 2.39. The van der Waals surface area contributed by atoms with Crippen molar-refractivity contribution in [2.24, 2.45) is 5.41 Å². The standard InChI is InChI=1S/C25H33NO4/c1-17(2)30-21-10-8-7-9-19(21)24(27)26-14-13-25(3,4)20(16-26)18-11-12-22(28-5)23(15-18)29-6/h7-12,15,17,20H,13-14,16H2,1-6H3. The van der Waals surface area contributed by atoms with E-state index in [9.17, 15) is 4.79 Å². The molecule has 1 amide bonds. The van der Waals surface area contributed by atoms with Gasteiger partial charge in [-0.15, -0.1) is 0 Å². The number of hydrogen-bond acceptors (Lipinski definition) is 4. The van der Waals surface area contributed by atoms with E-state index in [0.717, 1.165) is 18.5 Å². The van der Waals surface area contributed by atoms with Crippen molar-refractivity contribution in [3.8, 4) is 17.2 Å².